The number of benzene rings is 1. The van der Waals surface area contributed by atoms with Crippen molar-refractivity contribution in [3.63, 3.8) is 0 Å². The minimum absolute atomic E-state index is 0.0514. The third kappa shape index (κ3) is 4.44. The van der Waals surface area contributed by atoms with Crippen LogP contribution in [0.4, 0.5) is 30.5 Å². The molecule has 27 heavy (non-hydrogen) atoms. The fourth-order valence-corrected chi connectivity index (χ4v) is 3.00. The van der Waals surface area contributed by atoms with Gasteiger partial charge in [0.05, 0.1) is 10.5 Å². The number of halogens is 3. The van der Waals surface area contributed by atoms with Crippen LogP contribution in [0.5, 0.6) is 0 Å². The summed E-state index contributed by atoms with van der Waals surface area (Å²) in [4.78, 5) is 21.0. The zero-order valence-corrected chi connectivity index (χ0v) is 14.4. The average Bonchev–Trinajstić information content (AvgIpc) is 2.66. The lowest BCUT2D eigenvalue weighted by atomic mass is 10.1. The Kier molecular flexibility index (Phi) is 5.43. The lowest BCUT2D eigenvalue weighted by Crippen LogP contribution is -2.31. The van der Waals surface area contributed by atoms with Crippen LogP contribution in [-0.4, -0.2) is 28.0 Å². The molecule has 10 heteroatoms. The maximum absolute atomic E-state index is 12.6. The van der Waals surface area contributed by atoms with Gasteiger partial charge in [-0.15, -0.1) is 0 Å². The maximum atomic E-state index is 12.6. The molecule has 1 fully saturated rings. The van der Waals surface area contributed by atoms with Crippen molar-refractivity contribution >= 4 is 17.3 Å². The molecule has 0 radical (unpaired) electrons. The molecule has 1 saturated heterocycles. The topological polar surface area (TPSA) is 84.2 Å². The predicted octanol–water partition coefficient (Wildman–Crippen LogP) is 4.01. The number of nitro groups is 1. The zero-order chi connectivity index (χ0) is 19.4. The van der Waals surface area contributed by atoms with E-state index in [9.17, 15) is 23.3 Å². The summed E-state index contributed by atoms with van der Waals surface area (Å²) in [5.74, 6) is 0.320. The number of anilines is 2. The fourth-order valence-electron chi connectivity index (χ4n) is 3.00. The maximum Gasteiger partial charge on any atom is 0.416 e. The second-order valence-electron chi connectivity index (χ2n) is 6.25. The molecule has 0 saturated carbocycles. The molecule has 2 heterocycles. The van der Waals surface area contributed by atoms with E-state index < -0.39 is 16.7 Å². The molecule has 1 N–H and O–H groups in total. The Hall–Kier alpha value is -2.91. The third-order valence-corrected chi connectivity index (χ3v) is 4.38. The van der Waals surface area contributed by atoms with Crippen molar-refractivity contribution in [2.75, 3.05) is 23.3 Å². The quantitative estimate of drug-likeness (QED) is 0.622. The Labute approximate surface area is 153 Å². The summed E-state index contributed by atoms with van der Waals surface area (Å²) in [5, 5.41) is 14.4. The van der Waals surface area contributed by atoms with Crippen molar-refractivity contribution in [3.05, 3.63) is 51.8 Å². The van der Waals surface area contributed by atoms with Gasteiger partial charge in [-0.3, -0.25) is 10.1 Å². The number of hydrogen-bond acceptors (Lipinski definition) is 6. The van der Waals surface area contributed by atoms with E-state index in [1.165, 1.54) is 18.5 Å². The molecule has 3 rings (SSSR count). The van der Waals surface area contributed by atoms with Crippen LogP contribution < -0.4 is 10.2 Å². The van der Waals surface area contributed by atoms with Gasteiger partial charge in [-0.05, 0) is 37.0 Å². The molecule has 1 aliphatic heterocycles. The van der Waals surface area contributed by atoms with E-state index in [1.807, 2.05) is 4.90 Å². The van der Waals surface area contributed by atoms with Gasteiger partial charge in [0.2, 0.25) is 11.6 Å². The number of nitrogens with one attached hydrogen (secondary N) is 1. The highest BCUT2D eigenvalue weighted by Crippen LogP contribution is 2.33. The molecule has 0 spiro atoms. The highest BCUT2D eigenvalue weighted by Gasteiger charge is 2.30. The van der Waals surface area contributed by atoms with Gasteiger partial charge in [0.25, 0.3) is 0 Å². The lowest BCUT2D eigenvalue weighted by Gasteiger charge is -2.27. The summed E-state index contributed by atoms with van der Waals surface area (Å²) in [6.07, 6.45) is -0.188. The van der Waals surface area contributed by atoms with E-state index in [0.717, 1.165) is 31.4 Å². The third-order valence-electron chi connectivity index (χ3n) is 4.38. The summed E-state index contributed by atoms with van der Waals surface area (Å²) in [7, 11) is 0. The van der Waals surface area contributed by atoms with Gasteiger partial charge >= 0.3 is 11.9 Å². The van der Waals surface area contributed by atoms with Crippen LogP contribution in [-0.2, 0) is 12.7 Å². The first-order valence-corrected chi connectivity index (χ1v) is 8.50. The SMILES string of the molecule is O=[N+]([O-])c1c(NCc2ccc(C(F)(F)F)cc2)ncnc1N1CCCCC1. The molecule has 0 aliphatic carbocycles. The van der Waals surface area contributed by atoms with Crippen molar-refractivity contribution in [1.29, 1.82) is 0 Å². The molecule has 0 unspecified atom stereocenters. The van der Waals surface area contributed by atoms with Crippen LogP contribution in [0, 0.1) is 10.1 Å². The van der Waals surface area contributed by atoms with Crippen LogP contribution in [0.3, 0.4) is 0 Å². The van der Waals surface area contributed by atoms with Gasteiger partial charge in [0.1, 0.15) is 6.33 Å². The monoisotopic (exact) mass is 381 g/mol. The number of aromatic nitrogens is 2. The first-order chi connectivity index (χ1) is 12.9. The Bertz CT molecular complexity index is 805. The second-order valence-corrected chi connectivity index (χ2v) is 6.25. The Morgan fingerprint density at radius 3 is 2.37 bits per heavy atom. The Morgan fingerprint density at radius 1 is 1.11 bits per heavy atom. The average molecular weight is 381 g/mol. The molecule has 144 valence electrons. The van der Waals surface area contributed by atoms with Crippen molar-refractivity contribution in [2.24, 2.45) is 0 Å². The van der Waals surface area contributed by atoms with Crippen molar-refractivity contribution in [1.82, 2.24) is 9.97 Å². The number of hydrogen-bond donors (Lipinski definition) is 1. The van der Waals surface area contributed by atoms with Crippen molar-refractivity contribution in [2.45, 2.75) is 32.0 Å². The highest BCUT2D eigenvalue weighted by atomic mass is 19.4. The lowest BCUT2D eigenvalue weighted by molar-refractivity contribution is -0.383. The minimum Gasteiger partial charge on any atom is -0.360 e. The van der Waals surface area contributed by atoms with E-state index >= 15 is 0 Å². The minimum atomic E-state index is -4.40. The van der Waals surface area contributed by atoms with Gasteiger partial charge in [-0.1, -0.05) is 12.1 Å². The van der Waals surface area contributed by atoms with Crippen LogP contribution in [0.15, 0.2) is 30.6 Å². The van der Waals surface area contributed by atoms with E-state index in [4.69, 9.17) is 0 Å². The van der Waals surface area contributed by atoms with Crippen LogP contribution in [0.25, 0.3) is 0 Å². The molecule has 0 amide bonds. The number of nitrogens with zero attached hydrogens (tertiary/aromatic N) is 4. The fraction of sp³-hybridized carbons (Fsp3) is 0.412. The first kappa shape index (κ1) is 18.9. The number of alkyl halides is 3. The van der Waals surface area contributed by atoms with Crippen LogP contribution in [0.2, 0.25) is 0 Å². The predicted molar refractivity (Wildman–Crippen MR) is 93.5 cm³/mol. The number of rotatable bonds is 5. The Balaban J connectivity index is 1.79. The highest BCUT2D eigenvalue weighted by molar-refractivity contribution is 5.70. The number of piperidine rings is 1. The van der Waals surface area contributed by atoms with E-state index in [-0.39, 0.29) is 23.9 Å². The molecule has 1 aliphatic rings. The van der Waals surface area contributed by atoms with Gasteiger partial charge < -0.3 is 10.2 Å². The van der Waals surface area contributed by atoms with Crippen molar-refractivity contribution < 1.29 is 18.1 Å². The van der Waals surface area contributed by atoms with Crippen molar-refractivity contribution in [3.8, 4) is 0 Å². The van der Waals surface area contributed by atoms with Gasteiger partial charge in [0, 0.05) is 19.6 Å². The first-order valence-electron chi connectivity index (χ1n) is 8.50. The van der Waals surface area contributed by atoms with Gasteiger partial charge in [0.15, 0.2) is 0 Å². The smallest absolute Gasteiger partial charge is 0.360 e. The standard InChI is InChI=1S/C17H18F3N5O2/c18-17(19,20)13-6-4-12(5-7-13)10-21-15-14(25(26)27)16(23-11-22-15)24-8-2-1-3-9-24/h4-7,11H,1-3,8-10H2,(H,21,22,23). The zero-order valence-electron chi connectivity index (χ0n) is 14.4. The van der Waals surface area contributed by atoms with E-state index in [0.29, 0.717) is 18.7 Å². The summed E-state index contributed by atoms with van der Waals surface area (Å²) in [6, 6.07) is 4.61. The van der Waals surface area contributed by atoms with E-state index in [2.05, 4.69) is 15.3 Å². The summed E-state index contributed by atoms with van der Waals surface area (Å²) >= 11 is 0. The molecular formula is C17H18F3N5O2. The molecule has 1 aromatic carbocycles. The Morgan fingerprint density at radius 2 is 1.78 bits per heavy atom. The molecule has 0 bridgehead atoms. The van der Waals surface area contributed by atoms with Gasteiger partial charge in [-0.2, -0.15) is 13.2 Å². The second kappa shape index (κ2) is 7.77. The molecule has 1 aromatic heterocycles. The molecule has 7 nitrogen and oxygen atoms in total. The summed E-state index contributed by atoms with van der Waals surface area (Å²) < 4.78 is 37.9. The summed E-state index contributed by atoms with van der Waals surface area (Å²) in [6.45, 7) is 1.49. The molecule has 0 atom stereocenters. The molecular weight excluding hydrogens is 363 g/mol. The summed E-state index contributed by atoms with van der Waals surface area (Å²) in [5.41, 5.74) is -0.409. The van der Waals surface area contributed by atoms with Gasteiger partial charge in [-0.25, -0.2) is 9.97 Å². The van der Waals surface area contributed by atoms with E-state index in [1.54, 1.807) is 0 Å². The molecule has 2 aromatic rings. The normalized spacial score (nSPS) is 14.9. The van der Waals surface area contributed by atoms with Crippen LogP contribution in [0.1, 0.15) is 30.4 Å². The van der Waals surface area contributed by atoms with Crippen LogP contribution >= 0.6 is 0 Å². The largest absolute Gasteiger partial charge is 0.416 e.